The summed E-state index contributed by atoms with van der Waals surface area (Å²) in [6.45, 7) is 1.02. The predicted octanol–water partition coefficient (Wildman–Crippen LogP) is 4.94. The topological polar surface area (TPSA) is 85.4 Å². The molecule has 35 heavy (non-hydrogen) atoms. The van der Waals surface area contributed by atoms with Crippen molar-refractivity contribution in [1.82, 2.24) is 14.9 Å². The van der Waals surface area contributed by atoms with Gasteiger partial charge >= 0.3 is 0 Å². The van der Waals surface area contributed by atoms with Gasteiger partial charge in [0.05, 0.1) is 25.1 Å². The van der Waals surface area contributed by atoms with Crippen LogP contribution < -0.4 is 20.3 Å². The van der Waals surface area contributed by atoms with Crippen molar-refractivity contribution in [3.63, 3.8) is 0 Å². The predicted molar refractivity (Wildman–Crippen MR) is 140 cm³/mol. The van der Waals surface area contributed by atoms with Crippen LogP contribution in [0.4, 0.5) is 0 Å². The van der Waals surface area contributed by atoms with E-state index < -0.39 is 0 Å². The number of methoxy groups -OCH3 is 2. The number of nitrogens with zero attached hydrogens (tertiary/aromatic N) is 1. The van der Waals surface area contributed by atoms with Gasteiger partial charge in [-0.3, -0.25) is 14.2 Å². The Kier molecular flexibility index (Phi) is 8.02. The summed E-state index contributed by atoms with van der Waals surface area (Å²) in [5.74, 6) is 1.11. The molecule has 0 radical (unpaired) electrons. The Morgan fingerprint density at radius 3 is 2.66 bits per heavy atom. The van der Waals surface area contributed by atoms with Gasteiger partial charge in [-0.25, -0.2) is 0 Å². The first kappa shape index (κ1) is 24.7. The zero-order valence-electron chi connectivity index (χ0n) is 20.2. The molecule has 3 aromatic rings. The molecule has 0 unspecified atom stereocenters. The average Bonchev–Trinajstić information content (AvgIpc) is 2.88. The van der Waals surface area contributed by atoms with E-state index in [1.165, 1.54) is 18.4 Å². The first-order valence-electron chi connectivity index (χ1n) is 11.9. The number of allylic oxidation sites excluding steroid dienone is 2. The highest BCUT2D eigenvalue weighted by Crippen LogP contribution is 2.27. The number of aromatic nitrogens is 2. The van der Waals surface area contributed by atoms with Crippen LogP contribution in [0.25, 0.3) is 10.9 Å². The fourth-order valence-corrected chi connectivity index (χ4v) is 4.73. The molecule has 4 rings (SSSR count). The molecule has 0 bridgehead atoms. The van der Waals surface area contributed by atoms with Gasteiger partial charge in [-0.2, -0.15) is 0 Å². The first-order chi connectivity index (χ1) is 17.0. The van der Waals surface area contributed by atoms with Crippen LogP contribution in [0.2, 0.25) is 0 Å². The van der Waals surface area contributed by atoms with Crippen LogP contribution >= 0.6 is 12.2 Å². The quantitative estimate of drug-likeness (QED) is 0.326. The number of rotatable bonds is 9. The lowest BCUT2D eigenvalue weighted by atomic mass is 9.97. The van der Waals surface area contributed by atoms with Crippen molar-refractivity contribution in [2.75, 3.05) is 20.8 Å². The van der Waals surface area contributed by atoms with Gasteiger partial charge in [0, 0.05) is 18.7 Å². The molecule has 1 amide bonds. The van der Waals surface area contributed by atoms with E-state index >= 15 is 0 Å². The van der Waals surface area contributed by atoms with Gasteiger partial charge in [0.2, 0.25) is 0 Å². The van der Waals surface area contributed by atoms with E-state index in [9.17, 15) is 9.59 Å². The lowest BCUT2D eigenvalue weighted by molar-refractivity contribution is 0.0954. The molecule has 1 aromatic heterocycles. The number of hydrogen-bond acceptors (Lipinski definition) is 5. The van der Waals surface area contributed by atoms with E-state index in [4.69, 9.17) is 21.7 Å². The van der Waals surface area contributed by atoms with E-state index in [-0.39, 0.29) is 11.5 Å². The first-order valence-corrected chi connectivity index (χ1v) is 12.3. The summed E-state index contributed by atoms with van der Waals surface area (Å²) in [6.07, 6.45) is 8.44. The Morgan fingerprint density at radius 2 is 1.91 bits per heavy atom. The summed E-state index contributed by atoms with van der Waals surface area (Å²) < 4.78 is 12.6. The number of carbonyl (C=O) groups excluding carboxylic acids is 1. The standard InChI is InChI=1S/C27H31N3O4S/c1-33-23-11-8-19(16-24(23)34-2)12-14-28-25(31)20-9-10-21-22(17-20)29-27(35)30(26(21)32)15-13-18-6-4-3-5-7-18/h6,8-11,16-17H,3-5,7,12-15H2,1-2H3,(H,28,31)(H,29,35). The van der Waals surface area contributed by atoms with Crippen LogP contribution in [0.1, 0.15) is 48.0 Å². The number of ether oxygens (including phenoxy) is 2. The van der Waals surface area contributed by atoms with E-state index in [1.807, 2.05) is 18.2 Å². The molecule has 1 heterocycles. The Hall–Kier alpha value is -3.39. The number of nitrogens with one attached hydrogen (secondary N) is 2. The molecule has 0 saturated carbocycles. The molecule has 2 aromatic carbocycles. The molecule has 7 nitrogen and oxygen atoms in total. The third-order valence-corrected chi connectivity index (χ3v) is 6.76. The largest absolute Gasteiger partial charge is 0.493 e. The number of H-pyrrole nitrogens is 1. The Balaban J connectivity index is 1.43. The minimum atomic E-state index is -0.208. The number of fused-ring (bicyclic) bond motifs is 1. The third kappa shape index (κ3) is 5.82. The van der Waals surface area contributed by atoms with Gasteiger partial charge in [0.15, 0.2) is 16.3 Å². The number of aromatic amines is 1. The highest BCUT2D eigenvalue weighted by Gasteiger charge is 2.12. The maximum atomic E-state index is 13.1. The lowest BCUT2D eigenvalue weighted by Gasteiger charge is -2.14. The van der Waals surface area contributed by atoms with E-state index in [2.05, 4.69) is 16.4 Å². The van der Waals surface area contributed by atoms with Crippen LogP contribution in [0.15, 0.2) is 52.8 Å². The SMILES string of the molecule is COc1ccc(CCNC(=O)c2ccc3c(=O)n(CCC4=CCCCC4)c(=S)[nH]c3c2)cc1OC. The highest BCUT2D eigenvalue weighted by atomic mass is 32.1. The van der Waals surface area contributed by atoms with Crippen LogP contribution in [0.3, 0.4) is 0 Å². The summed E-state index contributed by atoms with van der Waals surface area (Å²) >= 11 is 5.47. The van der Waals surface area contributed by atoms with Crippen LogP contribution in [-0.4, -0.2) is 36.2 Å². The molecule has 0 atom stereocenters. The zero-order chi connectivity index (χ0) is 24.8. The van der Waals surface area contributed by atoms with Gasteiger partial charge < -0.3 is 19.8 Å². The number of benzene rings is 2. The van der Waals surface area contributed by atoms with E-state index in [0.29, 0.717) is 52.2 Å². The molecule has 0 aliphatic heterocycles. The second-order valence-electron chi connectivity index (χ2n) is 8.70. The molecular formula is C27H31N3O4S. The van der Waals surface area contributed by atoms with Crippen LogP contribution in [0, 0.1) is 4.77 Å². The molecule has 0 saturated heterocycles. The number of amides is 1. The summed E-state index contributed by atoms with van der Waals surface area (Å²) in [7, 11) is 3.19. The van der Waals surface area contributed by atoms with Crippen molar-refractivity contribution in [3.05, 3.63) is 74.3 Å². The van der Waals surface area contributed by atoms with Crippen molar-refractivity contribution >= 4 is 29.0 Å². The van der Waals surface area contributed by atoms with Gasteiger partial charge in [-0.15, -0.1) is 0 Å². The molecule has 0 fully saturated rings. The fourth-order valence-electron chi connectivity index (χ4n) is 4.44. The molecule has 1 aliphatic carbocycles. The van der Waals surface area contributed by atoms with Gasteiger partial charge in [-0.05, 0) is 86.6 Å². The van der Waals surface area contributed by atoms with Crippen molar-refractivity contribution in [2.45, 2.75) is 45.1 Å². The third-order valence-electron chi connectivity index (χ3n) is 6.43. The Bertz CT molecular complexity index is 1370. The molecular weight excluding hydrogens is 462 g/mol. The van der Waals surface area contributed by atoms with Crippen LogP contribution in [0.5, 0.6) is 11.5 Å². The van der Waals surface area contributed by atoms with Crippen molar-refractivity contribution in [2.24, 2.45) is 0 Å². The molecule has 184 valence electrons. The maximum Gasteiger partial charge on any atom is 0.262 e. The van der Waals surface area contributed by atoms with Crippen molar-refractivity contribution < 1.29 is 14.3 Å². The minimum absolute atomic E-state index is 0.124. The number of hydrogen-bond donors (Lipinski definition) is 2. The average molecular weight is 494 g/mol. The van der Waals surface area contributed by atoms with E-state index in [1.54, 1.807) is 37.0 Å². The monoisotopic (exact) mass is 493 g/mol. The van der Waals surface area contributed by atoms with Gasteiger partial charge in [0.1, 0.15) is 0 Å². The normalized spacial score (nSPS) is 13.4. The van der Waals surface area contributed by atoms with Crippen LogP contribution in [-0.2, 0) is 13.0 Å². The highest BCUT2D eigenvalue weighted by molar-refractivity contribution is 7.71. The minimum Gasteiger partial charge on any atom is -0.493 e. The second kappa shape index (κ2) is 11.4. The Labute approximate surface area is 209 Å². The summed E-state index contributed by atoms with van der Waals surface area (Å²) in [5.41, 5.74) is 3.34. The fraction of sp³-hybridized carbons (Fsp3) is 0.370. The van der Waals surface area contributed by atoms with E-state index in [0.717, 1.165) is 24.8 Å². The second-order valence-corrected chi connectivity index (χ2v) is 9.09. The van der Waals surface area contributed by atoms with Gasteiger partial charge in [0.25, 0.3) is 11.5 Å². The Morgan fingerprint density at radius 1 is 1.09 bits per heavy atom. The van der Waals surface area contributed by atoms with Crippen molar-refractivity contribution in [3.8, 4) is 11.5 Å². The van der Waals surface area contributed by atoms with Crippen molar-refractivity contribution in [1.29, 1.82) is 0 Å². The summed E-state index contributed by atoms with van der Waals surface area (Å²) in [5, 5.41) is 3.46. The smallest absolute Gasteiger partial charge is 0.262 e. The molecule has 0 spiro atoms. The number of carbonyl (C=O) groups is 1. The molecule has 8 heteroatoms. The lowest BCUT2D eigenvalue weighted by Crippen LogP contribution is -2.26. The van der Waals surface area contributed by atoms with Gasteiger partial charge in [-0.1, -0.05) is 17.7 Å². The maximum absolute atomic E-state index is 13.1. The molecule has 2 N–H and O–H groups in total. The molecule has 1 aliphatic rings. The summed E-state index contributed by atoms with van der Waals surface area (Å²) in [6, 6.07) is 10.8. The zero-order valence-corrected chi connectivity index (χ0v) is 21.0. The summed E-state index contributed by atoms with van der Waals surface area (Å²) in [4.78, 5) is 28.9.